The number of sulfonamides is 1. The van der Waals surface area contributed by atoms with Gasteiger partial charge in [0.25, 0.3) is 5.91 Å². The molecule has 2 atom stereocenters. The SMILES string of the molecule is COc1cccc(COC2CCN(S(=O)(=O)C3CCOCC3C(=O)N(O)O)CC2)c1. The van der Waals surface area contributed by atoms with Crippen molar-refractivity contribution in [3.05, 3.63) is 29.8 Å². The molecule has 168 valence electrons. The number of hydrogen-bond acceptors (Lipinski definition) is 8. The zero-order chi connectivity index (χ0) is 21.7. The van der Waals surface area contributed by atoms with E-state index >= 15 is 0 Å². The highest BCUT2D eigenvalue weighted by molar-refractivity contribution is 7.89. The van der Waals surface area contributed by atoms with E-state index in [9.17, 15) is 13.2 Å². The Morgan fingerprint density at radius 1 is 1.27 bits per heavy atom. The monoisotopic (exact) mass is 444 g/mol. The predicted octanol–water partition coefficient (Wildman–Crippen LogP) is 1.02. The fourth-order valence-corrected chi connectivity index (χ4v) is 5.98. The number of carbonyl (C=O) groups is 1. The van der Waals surface area contributed by atoms with E-state index in [-0.39, 0.29) is 38.8 Å². The second-order valence-electron chi connectivity index (χ2n) is 7.44. The minimum Gasteiger partial charge on any atom is -0.497 e. The lowest BCUT2D eigenvalue weighted by molar-refractivity contribution is -0.289. The summed E-state index contributed by atoms with van der Waals surface area (Å²) in [5, 5.41) is 16.5. The average Bonchev–Trinajstić information content (AvgIpc) is 2.77. The Balaban J connectivity index is 1.57. The molecule has 1 aromatic rings. The number of methoxy groups -OCH3 is 1. The minimum absolute atomic E-state index is 0.0693. The number of benzene rings is 1. The maximum absolute atomic E-state index is 13.1. The first-order valence-corrected chi connectivity index (χ1v) is 11.4. The molecular weight excluding hydrogens is 416 g/mol. The van der Waals surface area contributed by atoms with Crippen molar-refractivity contribution in [3.63, 3.8) is 0 Å². The van der Waals surface area contributed by atoms with Crippen LogP contribution in [0.5, 0.6) is 5.75 Å². The van der Waals surface area contributed by atoms with Crippen LogP contribution in [0.1, 0.15) is 24.8 Å². The smallest absolute Gasteiger partial charge is 0.279 e. The van der Waals surface area contributed by atoms with Gasteiger partial charge in [0, 0.05) is 19.7 Å². The first kappa shape index (κ1) is 22.9. The van der Waals surface area contributed by atoms with E-state index in [1.54, 1.807) is 7.11 Å². The normalized spacial score (nSPS) is 23.8. The molecule has 2 N–H and O–H groups in total. The van der Waals surface area contributed by atoms with Gasteiger partial charge in [0.1, 0.15) is 5.75 Å². The lowest BCUT2D eigenvalue weighted by atomic mass is 10.0. The van der Waals surface area contributed by atoms with Crippen LogP contribution in [-0.2, 0) is 30.9 Å². The van der Waals surface area contributed by atoms with Crippen LogP contribution in [0.15, 0.2) is 24.3 Å². The minimum atomic E-state index is -3.80. The first-order valence-electron chi connectivity index (χ1n) is 9.86. The van der Waals surface area contributed by atoms with Crippen LogP contribution in [0.3, 0.4) is 0 Å². The second kappa shape index (κ2) is 10.0. The number of rotatable bonds is 7. The number of ether oxygens (including phenoxy) is 3. The maximum Gasteiger partial charge on any atom is 0.279 e. The summed E-state index contributed by atoms with van der Waals surface area (Å²) in [7, 11) is -2.20. The molecule has 2 aliphatic heterocycles. The number of hydroxylamine groups is 2. The number of amides is 1. The topological polar surface area (TPSA) is 126 Å². The van der Waals surface area contributed by atoms with E-state index in [1.165, 1.54) is 4.31 Å². The number of nitrogens with zero attached hydrogens (tertiary/aromatic N) is 2. The standard InChI is InChI=1S/C19H28N2O8S/c1-27-16-4-2-3-14(11-16)12-29-15-5-8-20(9-6-15)30(25,26)18-7-10-28-13-17(18)19(22)21(23)24/h2-4,11,15,17-18,23-24H,5-10,12-13H2,1H3. The molecule has 2 aliphatic rings. The number of piperidine rings is 1. The molecule has 2 heterocycles. The van der Waals surface area contributed by atoms with Crippen LogP contribution in [0.4, 0.5) is 0 Å². The summed E-state index contributed by atoms with van der Waals surface area (Å²) in [6, 6.07) is 7.58. The zero-order valence-electron chi connectivity index (χ0n) is 16.8. The van der Waals surface area contributed by atoms with Gasteiger partial charge in [-0.1, -0.05) is 17.4 Å². The lowest BCUT2D eigenvalue weighted by Crippen LogP contribution is -2.53. The van der Waals surface area contributed by atoms with E-state index < -0.39 is 32.3 Å². The van der Waals surface area contributed by atoms with Crippen LogP contribution in [0, 0.1) is 5.92 Å². The Hall–Kier alpha value is -1.76. The van der Waals surface area contributed by atoms with Gasteiger partial charge in [-0.15, -0.1) is 0 Å². The van der Waals surface area contributed by atoms with Crippen LogP contribution >= 0.6 is 0 Å². The van der Waals surface area contributed by atoms with Crippen molar-refractivity contribution in [1.29, 1.82) is 0 Å². The molecule has 10 nitrogen and oxygen atoms in total. The fraction of sp³-hybridized carbons (Fsp3) is 0.632. The summed E-state index contributed by atoms with van der Waals surface area (Å²) in [6.45, 7) is 1.01. The summed E-state index contributed by atoms with van der Waals surface area (Å²) in [5.41, 5.74) is 0.977. The highest BCUT2D eigenvalue weighted by Gasteiger charge is 2.45. The Kier molecular flexibility index (Phi) is 7.66. The summed E-state index contributed by atoms with van der Waals surface area (Å²) < 4.78 is 43.9. The molecular formula is C19H28N2O8S. The fourth-order valence-electron chi connectivity index (χ4n) is 3.87. The molecule has 1 aromatic carbocycles. The summed E-state index contributed by atoms with van der Waals surface area (Å²) >= 11 is 0. The van der Waals surface area contributed by atoms with E-state index in [0.717, 1.165) is 11.3 Å². The van der Waals surface area contributed by atoms with Gasteiger partial charge >= 0.3 is 0 Å². The van der Waals surface area contributed by atoms with Gasteiger partial charge in [-0.25, -0.2) is 12.7 Å². The summed E-state index contributed by atoms with van der Waals surface area (Å²) in [6.07, 6.45) is 1.13. The van der Waals surface area contributed by atoms with Crippen molar-refractivity contribution >= 4 is 15.9 Å². The first-order chi connectivity index (χ1) is 14.3. The molecule has 0 aliphatic carbocycles. The molecule has 0 bridgehead atoms. The van der Waals surface area contributed by atoms with Crippen LogP contribution < -0.4 is 4.74 Å². The molecule has 2 fully saturated rings. The van der Waals surface area contributed by atoms with Crippen molar-refractivity contribution < 1.29 is 37.8 Å². The Morgan fingerprint density at radius 3 is 2.67 bits per heavy atom. The van der Waals surface area contributed by atoms with Gasteiger partial charge in [0.2, 0.25) is 10.0 Å². The average molecular weight is 445 g/mol. The van der Waals surface area contributed by atoms with Gasteiger partial charge in [-0.3, -0.25) is 15.2 Å². The third-order valence-electron chi connectivity index (χ3n) is 5.57. The molecule has 11 heteroatoms. The highest BCUT2D eigenvalue weighted by Crippen LogP contribution is 2.29. The van der Waals surface area contributed by atoms with E-state index in [2.05, 4.69) is 0 Å². The van der Waals surface area contributed by atoms with E-state index in [1.807, 2.05) is 24.3 Å². The predicted molar refractivity (Wildman–Crippen MR) is 104 cm³/mol. The van der Waals surface area contributed by atoms with Crippen LogP contribution in [0.25, 0.3) is 0 Å². The lowest BCUT2D eigenvalue weighted by Gasteiger charge is -2.37. The molecule has 0 saturated carbocycles. The molecule has 0 spiro atoms. The molecule has 30 heavy (non-hydrogen) atoms. The molecule has 2 unspecified atom stereocenters. The van der Waals surface area contributed by atoms with Crippen LogP contribution in [-0.4, -0.2) is 79.0 Å². The van der Waals surface area contributed by atoms with Gasteiger partial charge < -0.3 is 14.2 Å². The Morgan fingerprint density at radius 2 is 2.00 bits per heavy atom. The Labute approximate surface area is 175 Å². The highest BCUT2D eigenvalue weighted by atomic mass is 32.2. The van der Waals surface area contributed by atoms with E-state index in [0.29, 0.717) is 19.4 Å². The van der Waals surface area contributed by atoms with Crippen molar-refractivity contribution in [2.75, 3.05) is 33.4 Å². The molecule has 1 amide bonds. The number of carbonyl (C=O) groups excluding carboxylic acids is 1. The third-order valence-corrected chi connectivity index (χ3v) is 7.98. The van der Waals surface area contributed by atoms with Gasteiger partial charge in [-0.2, -0.15) is 0 Å². The quantitative estimate of drug-likeness (QED) is 0.472. The van der Waals surface area contributed by atoms with E-state index in [4.69, 9.17) is 24.6 Å². The molecule has 2 saturated heterocycles. The van der Waals surface area contributed by atoms with Gasteiger partial charge in [-0.05, 0) is 37.0 Å². The zero-order valence-corrected chi connectivity index (χ0v) is 17.7. The maximum atomic E-state index is 13.1. The van der Waals surface area contributed by atoms with Crippen molar-refractivity contribution in [2.45, 2.75) is 37.2 Å². The molecule has 0 radical (unpaired) electrons. The van der Waals surface area contributed by atoms with Crippen LogP contribution in [0.2, 0.25) is 0 Å². The van der Waals surface area contributed by atoms with Crippen molar-refractivity contribution in [3.8, 4) is 5.75 Å². The number of hydrogen-bond donors (Lipinski definition) is 2. The summed E-state index contributed by atoms with van der Waals surface area (Å²) in [4.78, 5) is 12.0. The largest absolute Gasteiger partial charge is 0.497 e. The van der Waals surface area contributed by atoms with Gasteiger partial charge in [0.15, 0.2) is 0 Å². The Bertz CT molecular complexity index is 824. The summed E-state index contributed by atoms with van der Waals surface area (Å²) in [5.74, 6) is -1.48. The van der Waals surface area contributed by atoms with Crippen molar-refractivity contribution in [2.24, 2.45) is 5.92 Å². The van der Waals surface area contributed by atoms with Gasteiger partial charge in [0.05, 0.1) is 37.6 Å². The van der Waals surface area contributed by atoms with Crippen molar-refractivity contribution in [1.82, 2.24) is 9.53 Å². The second-order valence-corrected chi connectivity index (χ2v) is 9.59. The molecule has 3 rings (SSSR count). The molecule has 0 aromatic heterocycles. The third kappa shape index (κ3) is 5.29.